The third kappa shape index (κ3) is 5.09. The third-order valence-corrected chi connectivity index (χ3v) is 3.22. The Morgan fingerprint density at radius 2 is 2.00 bits per heavy atom. The van der Waals surface area contributed by atoms with Crippen molar-refractivity contribution in [2.75, 3.05) is 0 Å². The van der Waals surface area contributed by atoms with E-state index in [9.17, 15) is 20.0 Å². The molecule has 5 heteroatoms. The van der Waals surface area contributed by atoms with Crippen LogP contribution in [0.15, 0.2) is 24.3 Å². The fraction of sp³-hybridized carbons (Fsp3) is 0.533. The number of hydrogen-bond donors (Lipinski definition) is 1. The number of benzene rings is 1. The van der Waals surface area contributed by atoms with Gasteiger partial charge in [-0.15, -0.1) is 0 Å². The van der Waals surface area contributed by atoms with E-state index in [4.69, 9.17) is 0 Å². The minimum Gasteiger partial charge on any atom is -0.388 e. The van der Waals surface area contributed by atoms with Crippen LogP contribution in [-0.2, 0) is 4.79 Å². The summed E-state index contributed by atoms with van der Waals surface area (Å²) < 4.78 is 0. The summed E-state index contributed by atoms with van der Waals surface area (Å²) in [5, 5.41) is 20.9. The van der Waals surface area contributed by atoms with E-state index in [0.29, 0.717) is 6.42 Å². The average molecular weight is 279 g/mol. The normalized spacial score (nSPS) is 12.1. The molecule has 0 amide bonds. The van der Waals surface area contributed by atoms with E-state index in [2.05, 4.69) is 6.92 Å². The fourth-order valence-corrected chi connectivity index (χ4v) is 2.11. The smallest absolute Gasteiger partial charge is 0.275 e. The maximum absolute atomic E-state index is 11.7. The van der Waals surface area contributed by atoms with E-state index in [0.717, 1.165) is 25.7 Å². The number of nitro groups is 1. The van der Waals surface area contributed by atoms with Crippen molar-refractivity contribution in [3.8, 4) is 0 Å². The number of ketones is 1. The zero-order chi connectivity index (χ0) is 15.0. The predicted molar refractivity (Wildman–Crippen MR) is 76.4 cm³/mol. The largest absolute Gasteiger partial charge is 0.388 e. The lowest BCUT2D eigenvalue weighted by Crippen LogP contribution is -2.08. The summed E-state index contributed by atoms with van der Waals surface area (Å²) in [5.74, 6) is -0.0493. The molecule has 0 saturated heterocycles. The molecule has 1 aromatic carbocycles. The maximum atomic E-state index is 11.7. The number of Topliss-reactive ketones (excluding diaryl/α,β-unsaturated/α-hetero) is 1. The first-order chi connectivity index (χ1) is 9.56. The Balaban J connectivity index is 2.56. The Hall–Kier alpha value is -1.75. The molecule has 0 aliphatic heterocycles. The lowest BCUT2D eigenvalue weighted by atomic mass is 10.00. The second-order valence-electron chi connectivity index (χ2n) is 4.89. The first kappa shape index (κ1) is 16.3. The Kier molecular flexibility index (Phi) is 6.87. The van der Waals surface area contributed by atoms with Gasteiger partial charge in [-0.1, -0.05) is 38.3 Å². The molecule has 1 rings (SSSR count). The van der Waals surface area contributed by atoms with Crippen LogP contribution in [0.5, 0.6) is 0 Å². The van der Waals surface area contributed by atoms with Gasteiger partial charge in [-0.25, -0.2) is 0 Å². The van der Waals surface area contributed by atoms with Gasteiger partial charge in [-0.3, -0.25) is 14.9 Å². The summed E-state index contributed by atoms with van der Waals surface area (Å²) in [5.41, 5.74) is 0.0678. The number of aliphatic hydroxyl groups is 1. The second kappa shape index (κ2) is 8.43. The van der Waals surface area contributed by atoms with Gasteiger partial charge in [-0.2, -0.15) is 0 Å². The van der Waals surface area contributed by atoms with Crippen LogP contribution in [0.2, 0.25) is 0 Å². The highest BCUT2D eigenvalue weighted by Crippen LogP contribution is 2.27. The van der Waals surface area contributed by atoms with E-state index < -0.39 is 11.0 Å². The summed E-state index contributed by atoms with van der Waals surface area (Å²) in [6.45, 7) is 2.10. The lowest BCUT2D eigenvalue weighted by Gasteiger charge is -2.10. The van der Waals surface area contributed by atoms with Crippen molar-refractivity contribution < 1.29 is 14.8 Å². The standard InChI is InChI=1S/C15H21NO4/c1-2-3-4-5-8-12(17)11-15(18)13-9-6-7-10-14(13)16(19)20/h6-7,9-10,15,18H,2-5,8,11H2,1H3/t15-/m1/s1. The molecular weight excluding hydrogens is 258 g/mol. The van der Waals surface area contributed by atoms with Gasteiger partial charge in [0.15, 0.2) is 0 Å². The summed E-state index contributed by atoms with van der Waals surface area (Å²) in [4.78, 5) is 22.1. The highest BCUT2D eigenvalue weighted by molar-refractivity contribution is 5.79. The quantitative estimate of drug-likeness (QED) is 0.426. The number of para-hydroxylation sites is 1. The van der Waals surface area contributed by atoms with Gasteiger partial charge < -0.3 is 5.11 Å². The Labute approximate surface area is 118 Å². The molecule has 20 heavy (non-hydrogen) atoms. The number of aliphatic hydroxyl groups excluding tert-OH is 1. The summed E-state index contributed by atoms with van der Waals surface area (Å²) in [7, 11) is 0. The van der Waals surface area contributed by atoms with Gasteiger partial charge in [0.2, 0.25) is 0 Å². The zero-order valence-corrected chi connectivity index (χ0v) is 11.7. The van der Waals surface area contributed by atoms with Gasteiger partial charge in [0, 0.05) is 18.9 Å². The zero-order valence-electron chi connectivity index (χ0n) is 11.7. The van der Waals surface area contributed by atoms with Crippen molar-refractivity contribution in [3.05, 3.63) is 39.9 Å². The highest BCUT2D eigenvalue weighted by Gasteiger charge is 2.21. The first-order valence-electron chi connectivity index (χ1n) is 6.99. The minimum atomic E-state index is -1.10. The molecule has 0 radical (unpaired) electrons. The molecule has 0 aliphatic carbocycles. The Morgan fingerprint density at radius 1 is 1.30 bits per heavy atom. The number of unbranched alkanes of at least 4 members (excludes halogenated alkanes) is 3. The van der Waals surface area contributed by atoms with Crippen LogP contribution < -0.4 is 0 Å². The number of rotatable bonds is 9. The van der Waals surface area contributed by atoms with Crippen LogP contribution in [-0.4, -0.2) is 15.8 Å². The molecule has 0 saturated carbocycles. The summed E-state index contributed by atoms with van der Waals surface area (Å²) >= 11 is 0. The molecule has 0 aliphatic rings. The third-order valence-electron chi connectivity index (χ3n) is 3.22. The fourth-order valence-electron chi connectivity index (χ4n) is 2.11. The summed E-state index contributed by atoms with van der Waals surface area (Å²) in [6, 6.07) is 6.00. The molecule has 1 N–H and O–H groups in total. The molecule has 0 spiro atoms. The van der Waals surface area contributed by atoms with E-state index in [-0.39, 0.29) is 23.5 Å². The first-order valence-corrected chi connectivity index (χ1v) is 6.99. The van der Waals surface area contributed by atoms with Crippen molar-refractivity contribution in [1.82, 2.24) is 0 Å². The highest BCUT2D eigenvalue weighted by atomic mass is 16.6. The van der Waals surface area contributed by atoms with Gasteiger partial charge >= 0.3 is 0 Å². The second-order valence-corrected chi connectivity index (χ2v) is 4.89. The van der Waals surface area contributed by atoms with Crippen molar-refractivity contribution in [2.24, 2.45) is 0 Å². The van der Waals surface area contributed by atoms with E-state index >= 15 is 0 Å². The van der Waals surface area contributed by atoms with E-state index in [1.54, 1.807) is 12.1 Å². The molecule has 1 aromatic rings. The minimum absolute atomic E-state index is 0.0493. The van der Waals surface area contributed by atoms with Crippen molar-refractivity contribution >= 4 is 11.5 Å². The Bertz CT molecular complexity index is 459. The van der Waals surface area contributed by atoms with Gasteiger partial charge in [0.1, 0.15) is 5.78 Å². The number of carbonyl (C=O) groups is 1. The van der Waals surface area contributed by atoms with Crippen LogP contribution in [0.25, 0.3) is 0 Å². The number of nitro benzene ring substituents is 1. The van der Waals surface area contributed by atoms with Crippen LogP contribution in [0, 0.1) is 10.1 Å². The summed E-state index contributed by atoms with van der Waals surface area (Å²) in [6.07, 6.45) is 3.29. The molecule has 0 heterocycles. The average Bonchev–Trinajstić information content (AvgIpc) is 2.43. The molecule has 0 fully saturated rings. The topological polar surface area (TPSA) is 80.4 Å². The molecule has 110 valence electrons. The van der Waals surface area contributed by atoms with Crippen LogP contribution in [0.1, 0.15) is 57.1 Å². The SMILES string of the molecule is CCCCCCC(=O)C[C@@H](O)c1ccccc1[N+](=O)[O-]. The maximum Gasteiger partial charge on any atom is 0.275 e. The number of nitrogens with zero attached hydrogens (tertiary/aromatic N) is 1. The van der Waals surface area contributed by atoms with Gasteiger partial charge in [-0.05, 0) is 12.5 Å². The van der Waals surface area contributed by atoms with Crippen LogP contribution >= 0.6 is 0 Å². The van der Waals surface area contributed by atoms with Crippen molar-refractivity contribution in [1.29, 1.82) is 0 Å². The lowest BCUT2D eigenvalue weighted by molar-refractivity contribution is -0.386. The molecular formula is C15H21NO4. The van der Waals surface area contributed by atoms with Crippen molar-refractivity contribution in [3.63, 3.8) is 0 Å². The molecule has 0 bridgehead atoms. The van der Waals surface area contributed by atoms with E-state index in [1.165, 1.54) is 12.1 Å². The van der Waals surface area contributed by atoms with Crippen LogP contribution in [0.4, 0.5) is 5.69 Å². The molecule has 0 unspecified atom stereocenters. The van der Waals surface area contributed by atoms with Crippen molar-refractivity contribution in [2.45, 2.75) is 51.6 Å². The molecule has 0 aromatic heterocycles. The Morgan fingerprint density at radius 3 is 2.65 bits per heavy atom. The van der Waals surface area contributed by atoms with Gasteiger partial charge in [0.05, 0.1) is 16.6 Å². The number of hydrogen-bond acceptors (Lipinski definition) is 4. The van der Waals surface area contributed by atoms with Crippen LogP contribution in [0.3, 0.4) is 0 Å². The monoisotopic (exact) mass is 279 g/mol. The van der Waals surface area contributed by atoms with Gasteiger partial charge in [0.25, 0.3) is 5.69 Å². The number of carbonyl (C=O) groups excluding carboxylic acids is 1. The predicted octanol–water partition coefficient (Wildman–Crippen LogP) is 3.56. The van der Waals surface area contributed by atoms with E-state index in [1.807, 2.05) is 0 Å². The molecule has 1 atom stereocenters. The molecule has 5 nitrogen and oxygen atoms in total.